The largest absolute Gasteiger partial charge is 0.373 e. The zero-order valence-electron chi connectivity index (χ0n) is 10.9. The van der Waals surface area contributed by atoms with E-state index in [1.54, 1.807) is 0 Å². The summed E-state index contributed by atoms with van der Waals surface area (Å²) in [6, 6.07) is 1.89. The number of H-pyrrole nitrogens is 1. The maximum atomic E-state index is 4.55. The standard InChI is InChI=1S/C11H16N6S/c1-11(2,3)9-15-7(12-4)5-8(16-9)18-10-13-6-14-17-10/h5-6H,1-4H3,(H,12,15,16)(H,13,14,17). The molecule has 0 amide bonds. The second-order valence-corrected chi connectivity index (χ2v) is 5.82. The van der Waals surface area contributed by atoms with Gasteiger partial charge < -0.3 is 5.32 Å². The van der Waals surface area contributed by atoms with Gasteiger partial charge in [-0.25, -0.2) is 15.0 Å². The van der Waals surface area contributed by atoms with Crippen LogP contribution in [0.2, 0.25) is 0 Å². The predicted molar refractivity (Wildman–Crippen MR) is 70.8 cm³/mol. The molecule has 2 aromatic heterocycles. The molecule has 0 bridgehead atoms. The average Bonchev–Trinajstić information content (AvgIpc) is 2.80. The zero-order chi connectivity index (χ0) is 13.2. The number of nitrogens with zero attached hydrogens (tertiary/aromatic N) is 4. The van der Waals surface area contributed by atoms with E-state index < -0.39 is 0 Å². The van der Waals surface area contributed by atoms with E-state index in [0.29, 0.717) is 0 Å². The Kier molecular flexibility index (Phi) is 3.51. The molecule has 0 aliphatic rings. The summed E-state index contributed by atoms with van der Waals surface area (Å²) < 4.78 is 0. The van der Waals surface area contributed by atoms with E-state index in [1.165, 1.54) is 18.1 Å². The first kappa shape index (κ1) is 12.8. The van der Waals surface area contributed by atoms with Crippen molar-refractivity contribution in [3.8, 4) is 0 Å². The van der Waals surface area contributed by atoms with Crippen LogP contribution in [0.5, 0.6) is 0 Å². The van der Waals surface area contributed by atoms with Crippen LogP contribution in [0.1, 0.15) is 26.6 Å². The van der Waals surface area contributed by atoms with E-state index in [4.69, 9.17) is 0 Å². The number of hydrogen-bond donors (Lipinski definition) is 2. The van der Waals surface area contributed by atoms with Crippen LogP contribution in [-0.2, 0) is 5.41 Å². The lowest BCUT2D eigenvalue weighted by Crippen LogP contribution is -2.17. The number of nitrogens with one attached hydrogen (secondary N) is 2. The van der Waals surface area contributed by atoms with Crippen molar-refractivity contribution in [1.82, 2.24) is 25.1 Å². The molecule has 2 aromatic rings. The van der Waals surface area contributed by atoms with Crippen LogP contribution in [0.3, 0.4) is 0 Å². The maximum absolute atomic E-state index is 4.55. The molecule has 18 heavy (non-hydrogen) atoms. The minimum Gasteiger partial charge on any atom is -0.373 e. The third kappa shape index (κ3) is 2.98. The van der Waals surface area contributed by atoms with Gasteiger partial charge in [0.2, 0.25) is 0 Å². The van der Waals surface area contributed by atoms with Gasteiger partial charge in [0.15, 0.2) is 5.16 Å². The third-order valence-corrected chi connectivity index (χ3v) is 3.03. The first-order valence-electron chi connectivity index (χ1n) is 5.59. The second-order valence-electron chi connectivity index (χ2n) is 4.81. The van der Waals surface area contributed by atoms with Crippen molar-refractivity contribution in [2.75, 3.05) is 12.4 Å². The molecule has 0 saturated carbocycles. The molecular weight excluding hydrogens is 248 g/mol. The summed E-state index contributed by atoms with van der Waals surface area (Å²) in [5, 5.41) is 11.2. The minimum absolute atomic E-state index is 0.0937. The molecule has 0 unspecified atom stereocenters. The molecule has 6 nitrogen and oxygen atoms in total. The summed E-state index contributed by atoms with van der Waals surface area (Å²) in [6.07, 6.45) is 1.48. The molecule has 0 aliphatic carbocycles. The Labute approximate surface area is 110 Å². The molecule has 0 spiro atoms. The van der Waals surface area contributed by atoms with Crippen molar-refractivity contribution in [3.05, 3.63) is 18.2 Å². The normalized spacial score (nSPS) is 11.6. The number of rotatable bonds is 3. The molecule has 7 heteroatoms. The highest BCUT2D eigenvalue weighted by molar-refractivity contribution is 7.99. The monoisotopic (exact) mass is 264 g/mol. The summed E-state index contributed by atoms with van der Waals surface area (Å²) in [5.74, 6) is 1.60. The smallest absolute Gasteiger partial charge is 0.189 e. The van der Waals surface area contributed by atoms with Gasteiger partial charge in [-0.3, -0.25) is 5.10 Å². The van der Waals surface area contributed by atoms with Crippen molar-refractivity contribution in [2.24, 2.45) is 0 Å². The quantitative estimate of drug-likeness (QED) is 0.826. The van der Waals surface area contributed by atoms with E-state index >= 15 is 0 Å². The highest BCUT2D eigenvalue weighted by atomic mass is 32.2. The second kappa shape index (κ2) is 4.93. The molecule has 2 rings (SSSR count). The molecule has 96 valence electrons. The Balaban J connectivity index is 2.35. The summed E-state index contributed by atoms with van der Waals surface area (Å²) in [6.45, 7) is 6.26. The predicted octanol–water partition coefficient (Wildman–Crippen LogP) is 2.09. The molecule has 0 aromatic carbocycles. The highest BCUT2D eigenvalue weighted by Crippen LogP contribution is 2.27. The number of anilines is 1. The third-order valence-electron chi connectivity index (χ3n) is 2.22. The van der Waals surface area contributed by atoms with E-state index in [-0.39, 0.29) is 5.41 Å². The minimum atomic E-state index is -0.0937. The van der Waals surface area contributed by atoms with E-state index in [2.05, 4.69) is 51.2 Å². The SMILES string of the molecule is CNc1cc(Sc2ncn[nH]2)nc(C(C)(C)C)n1. The summed E-state index contributed by atoms with van der Waals surface area (Å²) >= 11 is 1.43. The fraction of sp³-hybridized carbons (Fsp3) is 0.455. The summed E-state index contributed by atoms with van der Waals surface area (Å²) in [5.41, 5.74) is -0.0937. The summed E-state index contributed by atoms with van der Waals surface area (Å²) in [4.78, 5) is 13.1. The van der Waals surface area contributed by atoms with Crippen molar-refractivity contribution >= 4 is 17.6 Å². The topological polar surface area (TPSA) is 79.4 Å². The summed E-state index contributed by atoms with van der Waals surface area (Å²) in [7, 11) is 1.84. The average molecular weight is 264 g/mol. The van der Waals surface area contributed by atoms with Gasteiger partial charge in [0, 0.05) is 18.5 Å². The van der Waals surface area contributed by atoms with Gasteiger partial charge in [0.25, 0.3) is 0 Å². The fourth-order valence-corrected chi connectivity index (χ4v) is 1.98. The van der Waals surface area contributed by atoms with Crippen molar-refractivity contribution in [3.63, 3.8) is 0 Å². The maximum Gasteiger partial charge on any atom is 0.189 e. The van der Waals surface area contributed by atoms with Gasteiger partial charge >= 0.3 is 0 Å². The van der Waals surface area contributed by atoms with Crippen LogP contribution >= 0.6 is 11.8 Å². The fourth-order valence-electron chi connectivity index (χ4n) is 1.28. The van der Waals surface area contributed by atoms with Crippen LogP contribution in [-0.4, -0.2) is 32.2 Å². The Bertz CT molecular complexity index is 517. The lowest BCUT2D eigenvalue weighted by Gasteiger charge is -2.18. The number of aromatic nitrogens is 5. The van der Waals surface area contributed by atoms with Crippen LogP contribution in [0, 0.1) is 0 Å². The van der Waals surface area contributed by atoms with Crippen molar-refractivity contribution in [2.45, 2.75) is 36.4 Å². The van der Waals surface area contributed by atoms with Gasteiger partial charge in [-0.15, -0.1) is 0 Å². The van der Waals surface area contributed by atoms with Crippen molar-refractivity contribution in [1.29, 1.82) is 0 Å². The van der Waals surface area contributed by atoms with E-state index in [1.807, 2.05) is 13.1 Å². The first-order chi connectivity index (χ1) is 8.49. The zero-order valence-corrected chi connectivity index (χ0v) is 11.7. The Morgan fingerprint density at radius 3 is 2.61 bits per heavy atom. The Hall–Kier alpha value is -1.63. The molecule has 0 atom stereocenters. The lowest BCUT2D eigenvalue weighted by molar-refractivity contribution is 0.539. The molecule has 2 heterocycles. The first-order valence-corrected chi connectivity index (χ1v) is 6.41. The van der Waals surface area contributed by atoms with Gasteiger partial charge in [0.05, 0.1) is 0 Å². The van der Waals surface area contributed by atoms with E-state index in [0.717, 1.165) is 21.8 Å². The number of hydrogen-bond acceptors (Lipinski definition) is 6. The van der Waals surface area contributed by atoms with Gasteiger partial charge in [-0.2, -0.15) is 5.10 Å². The Morgan fingerprint density at radius 1 is 1.28 bits per heavy atom. The molecule has 0 fully saturated rings. The Morgan fingerprint density at radius 2 is 2.06 bits per heavy atom. The van der Waals surface area contributed by atoms with Crippen LogP contribution < -0.4 is 5.32 Å². The van der Waals surface area contributed by atoms with Crippen LogP contribution in [0.25, 0.3) is 0 Å². The van der Waals surface area contributed by atoms with Crippen LogP contribution in [0.15, 0.2) is 22.6 Å². The highest BCUT2D eigenvalue weighted by Gasteiger charge is 2.19. The van der Waals surface area contributed by atoms with Crippen molar-refractivity contribution < 1.29 is 0 Å². The van der Waals surface area contributed by atoms with Gasteiger partial charge in [-0.05, 0) is 11.8 Å². The van der Waals surface area contributed by atoms with Gasteiger partial charge in [-0.1, -0.05) is 20.8 Å². The molecular formula is C11H16N6S. The molecule has 0 saturated heterocycles. The van der Waals surface area contributed by atoms with Crippen LogP contribution in [0.4, 0.5) is 5.82 Å². The van der Waals surface area contributed by atoms with E-state index in [9.17, 15) is 0 Å². The molecule has 0 radical (unpaired) electrons. The number of aromatic amines is 1. The molecule has 0 aliphatic heterocycles. The van der Waals surface area contributed by atoms with Gasteiger partial charge in [0.1, 0.15) is 23.0 Å². The molecule has 2 N–H and O–H groups in total. The lowest BCUT2D eigenvalue weighted by atomic mass is 9.96.